The van der Waals surface area contributed by atoms with Crippen LogP contribution in [0.5, 0.6) is 0 Å². The summed E-state index contributed by atoms with van der Waals surface area (Å²) in [5, 5.41) is 14.5. The van der Waals surface area contributed by atoms with Crippen LogP contribution in [0, 0.1) is 5.92 Å². The molecule has 4 nitrogen and oxygen atoms in total. The molecule has 7 heteroatoms. The van der Waals surface area contributed by atoms with Crippen LogP contribution in [-0.4, -0.2) is 36.0 Å². The lowest BCUT2D eigenvalue weighted by molar-refractivity contribution is -0.183. The predicted octanol–water partition coefficient (Wildman–Crippen LogP) is 2.57. The Labute approximate surface area is 117 Å². The second kappa shape index (κ2) is 7.71. The first-order chi connectivity index (χ1) is 9.32. The van der Waals surface area contributed by atoms with Gasteiger partial charge in [-0.05, 0) is 32.1 Å². The van der Waals surface area contributed by atoms with Crippen molar-refractivity contribution in [3.8, 4) is 0 Å². The second-order valence-electron chi connectivity index (χ2n) is 5.35. The highest BCUT2D eigenvalue weighted by Crippen LogP contribution is 2.37. The molecule has 118 valence electrons. The quantitative estimate of drug-likeness (QED) is 0.730. The summed E-state index contributed by atoms with van der Waals surface area (Å²) in [5.74, 6) is -1.32. The van der Waals surface area contributed by atoms with Crippen LogP contribution in [0.25, 0.3) is 0 Å². The van der Waals surface area contributed by atoms with Crippen LogP contribution in [0.3, 0.4) is 0 Å². The van der Waals surface area contributed by atoms with Crippen molar-refractivity contribution >= 4 is 6.03 Å². The maximum absolute atomic E-state index is 12.6. The predicted molar refractivity (Wildman–Crippen MR) is 69.3 cm³/mol. The topological polar surface area (TPSA) is 61.4 Å². The number of aliphatic hydroxyl groups excluding tert-OH is 1. The van der Waals surface area contributed by atoms with Crippen molar-refractivity contribution < 1.29 is 23.1 Å². The van der Waals surface area contributed by atoms with E-state index >= 15 is 0 Å². The lowest BCUT2D eigenvalue weighted by Crippen LogP contribution is -2.46. The van der Waals surface area contributed by atoms with Gasteiger partial charge in [0.15, 0.2) is 0 Å². The van der Waals surface area contributed by atoms with Gasteiger partial charge in [-0.15, -0.1) is 0 Å². The molecular weight excluding hydrogens is 273 g/mol. The Hall–Kier alpha value is -0.980. The molecule has 1 fully saturated rings. The van der Waals surface area contributed by atoms with Gasteiger partial charge in [-0.3, -0.25) is 0 Å². The summed E-state index contributed by atoms with van der Waals surface area (Å²) in [4.78, 5) is 11.6. The molecule has 0 aromatic heterocycles. The fraction of sp³-hybridized carbons (Fsp3) is 0.923. The molecule has 0 spiro atoms. The van der Waals surface area contributed by atoms with Gasteiger partial charge in [0.05, 0.1) is 12.0 Å². The summed E-state index contributed by atoms with van der Waals surface area (Å²) < 4.78 is 37.9. The fourth-order valence-electron chi connectivity index (χ4n) is 2.41. The number of carbonyl (C=O) groups excluding carboxylic acids is 1. The largest absolute Gasteiger partial charge is 0.393 e. The number of amides is 2. The first kappa shape index (κ1) is 17.1. The highest BCUT2D eigenvalue weighted by molar-refractivity contribution is 5.74. The molecule has 0 aliphatic heterocycles. The van der Waals surface area contributed by atoms with E-state index < -0.39 is 30.3 Å². The standard InChI is InChI=1S/C13H23F3N2O2/c1-2-11(19)6-7-17-12(20)18-10-5-3-4-9(8-10)13(14,15)16/h9-11,19H,2-8H2,1H3,(H2,17,18,20). The zero-order valence-corrected chi connectivity index (χ0v) is 11.7. The summed E-state index contributed by atoms with van der Waals surface area (Å²) in [5.41, 5.74) is 0. The number of aliphatic hydroxyl groups is 1. The van der Waals surface area contributed by atoms with E-state index in [4.69, 9.17) is 0 Å². The monoisotopic (exact) mass is 296 g/mol. The van der Waals surface area contributed by atoms with Crippen molar-refractivity contribution in [2.24, 2.45) is 5.92 Å². The van der Waals surface area contributed by atoms with Gasteiger partial charge in [0, 0.05) is 12.6 Å². The average Bonchev–Trinajstić information content (AvgIpc) is 2.37. The molecule has 0 radical (unpaired) electrons. The third-order valence-electron chi connectivity index (χ3n) is 3.71. The Bertz CT molecular complexity index is 310. The zero-order chi connectivity index (χ0) is 15.2. The van der Waals surface area contributed by atoms with Crippen LogP contribution in [0.15, 0.2) is 0 Å². The van der Waals surface area contributed by atoms with Gasteiger partial charge in [-0.2, -0.15) is 13.2 Å². The van der Waals surface area contributed by atoms with Gasteiger partial charge in [-0.1, -0.05) is 13.3 Å². The van der Waals surface area contributed by atoms with Gasteiger partial charge >= 0.3 is 12.2 Å². The minimum Gasteiger partial charge on any atom is -0.393 e. The van der Waals surface area contributed by atoms with Crippen molar-refractivity contribution in [2.45, 2.75) is 63.8 Å². The number of rotatable bonds is 5. The third kappa shape index (κ3) is 5.98. The molecule has 1 saturated carbocycles. The molecule has 0 aromatic carbocycles. The molecule has 20 heavy (non-hydrogen) atoms. The molecule has 0 aromatic rings. The number of carbonyl (C=O) groups is 1. The molecule has 0 bridgehead atoms. The van der Waals surface area contributed by atoms with E-state index in [1.165, 1.54) is 0 Å². The van der Waals surface area contributed by atoms with Gasteiger partial charge in [0.2, 0.25) is 0 Å². The van der Waals surface area contributed by atoms with Crippen LogP contribution >= 0.6 is 0 Å². The molecule has 1 aliphatic rings. The Morgan fingerprint density at radius 3 is 2.70 bits per heavy atom. The van der Waals surface area contributed by atoms with E-state index in [0.717, 1.165) is 0 Å². The van der Waals surface area contributed by atoms with Crippen molar-refractivity contribution in [3.63, 3.8) is 0 Å². The van der Waals surface area contributed by atoms with Gasteiger partial charge in [0.1, 0.15) is 0 Å². The Balaban J connectivity index is 2.27. The average molecular weight is 296 g/mol. The van der Waals surface area contributed by atoms with E-state index in [9.17, 15) is 23.1 Å². The van der Waals surface area contributed by atoms with E-state index in [0.29, 0.717) is 32.2 Å². The van der Waals surface area contributed by atoms with E-state index in [1.807, 2.05) is 6.92 Å². The maximum Gasteiger partial charge on any atom is 0.391 e. The molecule has 3 unspecified atom stereocenters. The number of nitrogens with one attached hydrogen (secondary N) is 2. The molecule has 0 saturated heterocycles. The lowest BCUT2D eigenvalue weighted by Gasteiger charge is -2.31. The minimum atomic E-state index is -4.18. The zero-order valence-electron chi connectivity index (χ0n) is 11.7. The van der Waals surface area contributed by atoms with Gasteiger partial charge in [-0.25, -0.2) is 4.79 Å². The van der Waals surface area contributed by atoms with Gasteiger partial charge in [0.25, 0.3) is 0 Å². The Morgan fingerprint density at radius 2 is 2.10 bits per heavy atom. The second-order valence-corrected chi connectivity index (χ2v) is 5.35. The maximum atomic E-state index is 12.6. The van der Waals surface area contributed by atoms with Crippen LogP contribution in [-0.2, 0) is 0 Å². The van der Waals surface area contributed by atoms with Crippen molar-refractivity contribution in [1.82, 2.24) is 10.6 Å². The normalized spacial score (nSPS) is 25.1. The number of alkyl halides is 3. The molecule has 1 rings (SSSR count). The summed E-state index contributed by atoms with van der Waals surface area (Å²) in [6, 6.07) is -0.882. The van der Waals surface area contributed by atoms with Crippen molar-refractivity contribution in [2.75, 3.05) is 6.54 Å². The first-order valence-corrected chi connectivity index (χ1v) is 7.12. The first-order valence-electron chi connectivity index (χ1n) is 7.12. The number of hydrogen-bond acceptors (Lipinski definition) is 2. The number of hydrogen-bond donors (Lipinski definition) is 3. The summed E-state index contributed by atoms with van der Waals surface area (Å²) in [7, 11) is 0. The number of urea groups is 1. The van der Waals surface area contributed by atoms with Gasteiger partial charge < -0.3 is 15.7 Å². The fourth-order valence-corrected chi connectivity index (χ4v) is 2.41. The van der Waals surface area contributed by atoms with Crippen LogP contribution in [0.4, 0.5) is 18.0 Å². The summed E-state index contributed by atoms with van der Waals surface area (Å²) in [6.45, 7) is 2.15. The van der Waals surface area contributed by atoms with E-state index in [1.54, 1.807) is 0 Å². The molecule has 1 aliphatic carbocycles. The minimum absolute atomic E-state index is 0.0471. The Kier molecular flexibility index (Phi) is 6.58. The Morgan fingerprint density at radius 1 is 1.40 bits per heavy atom. The van der Waals surface area contributed by atoms with Crippen molar-refractivity contribution in [3.05, 3.63) is 0 Å². The lowest BCUT2D eigenvalue weighted by atomic mass is 9.85. The van der Waals surface area contributed by atoms with E-state index in [-0.39, 0.29) is 12.8 Å². The highest BCUT2D eigenvalue weighted by atomic mass is 19.4. The molecule has 3 atom stereocenters. The SMILES string of the molecule is CCC(O)CCNC(=O)NC1CCCC(C(F)(F)F)C1. The molecule has 3 N–H and O–H groups in total. The van der Waals surface area contributed by atoms with Crippen LogP contribution < -0.4 is 10.6 Å². The number of halogens is 3. The highest BCUT2D eigenvalue weighted by Gasteiger charge is 2.42. The van der Waals surface area contributed by atoms with Crippen LogP contribution in [0.2, 0.25) is 0 Å². The molecule has 2 amide bonds. The van der Waals surface area contributed by atoms with Crippen LogP contribution in [0.1, 0.15) is 45.4 Å². The molecule has 0 heterocycles. The summed E-state index contributed by atoms with van der Waals surface area (Å²) in [6.07, 6.45) is -2.43. The third-order valence-corrected chi connectivity index (χ3v) is 3.71. The van der Waals surface area contributed by atoms with Crippen molar-refractivity contribution in [1.29, 1.82) is 0 Å². The molecular formula is C13H23F3N2O2. The summed E-state index contributed by atoms with van der Waals surface area (Å²) >= 11 is 0. The van der Waals surface area contributed by atoms with E-state index in [2.05, 4.69) is 10.6 Å². The smallest absolute Gasteiger partial charge is 0.391 e.